The van der Waals surface area contributed by atoms with Crippen molar-refractivity contribution >= 4 is 40.7 Å². The molecule has 1 fully saturated rings. The second kappa shape index (κ2) is 9.19. The van der Waals surface area contributed by atoms with Crippen LogP contribution in [0.2, 0.25) is 10.0 Å². The monoisotopic (exact) mass is 459 g/mol. The second-order valence-electron chi connectivity index (χ2n) is 8.56. The van der Waals surface area contributed by atoms with Crippen molar-refractivity contribution in [2.75, 3.05) is 32.0 Å². The van der Waals surface area contributed by atoms with Gasteiger partial charge in [0.25, 0.3) is 0 Å². The zero-order valence-electron chi connectivity index (χ0n) is 17.8. The van der Waals surface area contributed by atoms with Gasteiger partial charge in [-0.2, -0.15) is 0 Å². The Bertz CT molecular complexity index is 1000. The van der Waals surface area contributed by atoms with Crippen molar-refractivity contribution in [3.05, 3.63) is 63.1 Å². The molecule has 0 saturated carbocycles. The summed E-state index contributed by atoms with van der Waals surface area (Å²) in [6.07, 6.45) is 1.38. The predicted molar refractivity (Wildman–Crippen MR) is 125 cm³/mol. The number of anilines is 1. The van der Waals surface area contributed by atoms with Gasteiger partial charge in [-0.05, 0) is 54.8 Å². The summed E-state index contributed by atoms with van der Waals surface area (Å²) in [4.78, 5) is 28.6. The van der Waals surface area contributed by atoms with Gasteiger partial charge in [0.15, 0.2) is 0 Å². The minimum atomic E-state index is -0.0890. The van der Waals surface area contributed by atoms with Crippen LogP contribution < -0.4 is 5.32 Å². The summed E-state index contributed by atoms with van der Waals surface area (Å²) in [6, 6.07) is 11.7. The molecule has 2 amide bonds. The molecule has 0 radical (unpaired) electrons. The Balaban J connectivity index is 1.59. The van der Waals surface area contributed by atoms with E-state index < -0.39 is 0 Å². The second-order valence-corrected chi connectivity index (χ2v) is 9.41. The van der Waals surface area contributed by atoms with Crippen LogP contribution in [0.5, 0.6) is 0 Å². The van der Waals surface area contributed by atoms with E-state index in [9.17, 15) is 9.59 Å². The molecule has 2 heterocycles. The number of likely N-dealkylation sites (tertiary alicyclic amines) is 1. The largest absolute Gasteiger partial charge is 0.343 e. The molecule has 0 aromatic heterocycles. The van der Waals surface area contributed by atoms with Gasteiger partial charge in [0.05, 0.1) is 0 Å². The van der Waals surface area contributed by atoms with E-state index in [0.717, 1.165) is 35.5 Å². The number of carbonyl (C=O) groups is 2. The van der Waals surface area contributed by atoms with E-state index in [0.29, 0.717) is 36.0 Å². The van der Waals surface area contributed by atoms with Crippen LogP contribution in [0.25, 0.3) is 0 Å². The van der Waals surface area contributed by atoms with Gasteiger partial charge in [-0.15, -0.1) is 0 Å². The van der Waals surface area contributed by atoms with Gasteiger partial charge in [-0.3, -0.25) is 9.59 Å². The molecule has 5 nitrogen and oxygen atoms in total. The number of fused-ring (bicyclic) bond motifs is 1. The number of halogens is 2. The highest BCUT2D eigenvalue weighted by molar-refractivity contribution is 6.35. The zero-order valence-corrected chi connectivity index (χ0v) is 19.3. The lowest BCUT2D eigenvalue weighted by molar-refractivity contribution is -0.132. The lowest BCUT2D eigenvalue weighted by Crippen LogP contribution is -2.40. The van der Waals surface area contributed by atoms with Crippen molar-refractivity contribution in [2.45, 2.75) is 32.2 Å². The molecule has 2 aliphatic heterocycles. The number of amides is 2. The molecule has 0 bridgehead atoms. The van der Waals surface area contributed by atoms with Crippen LogP contribution in [0.15, 0.2) is 36.4 Å². The maximum Gasteiger partial charge on any atom is 0.227 e. The van der Waals surface area contributed by atoms with E-state index in [4.69, 9.17) is 23.2 Å². The van der Waals surface area contributed by atoms with Gasteiger partial charge in [-0.25, -0.2) is 0 Å². The van der Waals surface area contributed by atoms with Gasteiger partial charge in [0.1, 0.15) is 0 Å². The molecule has 7 heteroatoms. The van der Waals surface area contributed by atoms with Crippen LogP contribution in [0.1, 0.15) is 42.4 Å². The summed E-state index contributed by atoms with van der Waals surface area (Å²) in [5, 5.41) is 4.47. The van der Waals surface area contributed by atoms with E-state index in [1.165, 1.54) is 0 Å². The Morgan fingerprint density at radius 3 is 2.48 bits per heavy atom. The molecule has 31 heavy (non-hydrogen) atoms. The molecule has 1 N–H and O–H groups in total. The van der Waals surface area contributed by atoms with E-state index >= 15 is 0 Å². The van der Waals surface area contributed by atoms with Crippen molar-refractivity contribution in [3.63, 3.8) is 0 Å². The average molecular weight is 460 g/mol. The number of piperidine rings is 1. The predicted octanol–water partition coefficient (Wildman–Crippen LogP) is 4.77. The minimum absolute atomic E-state index is 0.0177. The Morgan fingerprint density at radius 2 is 1.77 bits per heavy atom. The fraction of sp³-hybridized carbons (Fsp3) is 0.417. The molecular weight excluding hydrogens is 433 g/mol. The van der Waals surface area contributed by atoms with Crippen molar-refractivity contribution in [2.24, 2.45) is 5.92 Å². The summed E-state index contributed by atoms with van der Waals surface area (Å²) in [5.41, 5.74) is 4.08. The summed E-state index contributed by atoms with van der Waals surface area (Å²) < 4.78 is 0. The highest BCUT2D eigenvalue weighted by atomic mass is 35.5. The molecule has 0 spiro atoms. The maximum atomic E-state index is 13.0. The first-order chi connectivity index (χ1) is 14.8. The van der Waals surface area contributed by atoms with Crippen molar-refractivity contribution in [3.8, 4) is 0 Å². The molecule has 1 saturated heterocycles. The molecule has 2 aromatic rings. The van der Waals surface area contributed by atoms with Gasteiger partial charge in [0, 0.05) is 60.7 Å². The summed E-state index contributed by atoms with van der Waals surface area (Å²) >= 11 is 12.9. The summed E-state index contributed by atoms with van der Waals surface area (Å²) in [7, 11) is 2.07. The summed E-state index contributed by atoms with van der Waals surface area (Å²) in [5.74, 6) is 0.0562. The number of likely N-dealkylation sites (N-methyl/N-ethyl adjacent to an activating group) is 1. The van der Waals surface area contributed by atoms with Crippen LogP contribution in [0, 0.1) is 5.92 Å². The Hall–Kier alpha value is -2.08. The average Bonchev–Trinajstić information content (AvgIpc) is 2.74. The lowest BCUT2D eigenvalue weighted by Gasteiger charge is -2.34. The lowest BCUT2D eigenvalue weighted by atomic mass is 9.84. The zero-order chi connectivity index (χ0) is 22.1. The van der Waals surface area contributed by atoms with Crippen LogP contribution in [-0.4, -0.2) is 48.3 Å². The van der Waals surface area contributed by atoms with Crippen molar-refractivity contribution in [1.29, 1.82) is 0 Å². The first-order valence-corrected chi connectivity index (χ1v) is 11.4. The third-order valence-corrected chi connectivity index (χ3v) is 6.95. The highest BCUT2D eigenvalue weighted by Crippen LogP contribution is 2.40. The smallest absolute Gasteiger partial charge is 0.227 e. The Labute approximate surface area is 193 Å². The number of benzene rings is 2. The SMILES string of the molecule is CC(=O)N1CCC(C(=O)Nc2ccccc2C2CN(C)Cc3c(Cl)cc(Cl)cc32)CC1. The number of nitrogens with zero attached hydrogens (tertiary/aromatic N) is 2. The number of nitrogens with one attached hydrogen (secondary N) is 1. The molecule has 0 aliphatic carbocycles. The fourth-order valence-electron chi connectivity index (χ4n) is 4.72. The summed E-state index contributed by atoms with van der Waals surface area (Å²) in [6.45, 7) is 4.42. The minimum Gasteiger partial charge on any atom is -0.343 e. The van der Waals surface area contributed by atoms with E-state index in [-0.39, 0.29) is 23.7 Å². The maximum absolute atomic E-state index is 13.0. The molecule has 164 valence electrons. The standard InChI is InChI=1S/C24H27Cl2N3O2/c1-15(30)29-9-7-16(8-10-29)24(31)27-23-6-4-3-5-18(23)20-13-28(2)14-21-19(20)11-17(25)12-22(21)26/h3-6,11-12,16,20H,7-10,13-14H2,1-2H3,(H,27,31). The van der Waals surface area contributed by atoms with Gasteiger partial charge < -0.3 is 15.1 Å². The first kappa shape index (κ1) is 22.1. The van der Waals surface area contributed by atoms with E-state index in [2.05, 4.69) is 23.3 Å². The topological polar surface area (TPSA) is 52.7 Å². The van der Waals surface area contributed by atoms with Crippen LogP contribution in [-0.2, 0) is 16.1 Å². The van der Waals surface area contributed by atoms with Crippen LogP contribution >= 0.6 is 23.2 Å². The van der Waals surface area contributed by atoms with Gasteiger partial charge >= 0.3 is 0 Å². The molecule has 4 rings (SSSR count). The first-order valence-electron chi connectivity index (χ1n) is 10.6. The third-order valence-electron chi connectivity index (χ3n) is 6.40. The Morgan fingerprint density at radius 1 is 1.06 bits per heavy atom. The fourth-order valence-corrected chi connectivity index (χ4v) is 5.29. The molecular formula is C24H27Cl2N3O2. The van der Waals surface area contributed by atoms with Gasteiger partial charge in [0.2, 0.25) is 11.8 Å². The van der Waals surface area contributed by atoms with Crippen LogP contribution in [0.3, 0.4) is 0 Å². The molecule has 2 aromatic carbocycles. The molecule has 1 atom stereocenters. The number of hydrogen-bond acceptors (Lipinski definition) is 3. The van der Waals surface area contributed by atoms with Crippen LogP contribution in [0.4, 0.5) is 5.69 Å². The van der Waals surface area contributed by atoms with E-state index in [1.807, 2.05) is 24.3 Å². The number of rotatable bonds is 3. The quantitative estimate of drug-likeness (QED) is 0.718. The number of hydrogen-bond donors (Lipinski definition) is 1. The van der Waals surface area contributed by atoms with Crippen molar-refractivity contribution in [1.82, 2.24) is 9.80 Å². The van der Waals surface area contributed by atoms with Gasteiger partial charge in [-0.1, -0.05) is 41.4 Å². The normalized spacial score (nSPS) is 19.7. The van der Waals surface area contributed by atoms with E-state index in [1.54, 1.807) is 17.9 Å². The highest BCUT2D eigenvalue weighted by Gasteiger charge is 2.30. The molecule has 1 unspecified atom stereocenters. The number of para-hydroxylation sites is 1. The molecule has 2 aliphatic rings. The third kappa shape index (κ3) is 4.74. The number of carbonyl (C=O) groups excluding carboxylic acids is 2. The van der Waals surface area contributed by atoms with Crippen molar-refractivity contribution < 1.29 is 9.59 Å². The Kier molecular flexibility index (Phi) is 6.56.